The van der Waals surface area contributed by atoms with Crippen molar-refractivity contribution in [1.82, 2.24) is 4.57 Å². The summed E-state index contributed by atoms with van der Waals surface area (Å²) in [6.45, 7) is 3.36. The average molecular weight is 403 g/mol. The highest BCUT2D eigenvalue weighted by Crippen LogP contribution is 2.32. The number of alkyl halides is 3. The second-order valence-electron chi connectivity index (χ2n) is 7.05. The minimum atomic E-state index is -4.88. The molecule has 3 nitrogen and oxygen atoms in total. The van der Waals surface area contributed by atoms with Gasteiger partial charge in [-0.15, -0.1) is 0 Å². The number of hydrogen-bond donors (Lipinski definition) is 0. The van der Waals surface area contributed by atoms with Crippen LogP contribution in [0.4, 0.5) is 13.2 Å². The number of ketones is 1. The summed E-state index contributed by atoms with van der Waals surface area (Å²) < 4.78 is 46.6. The van der Waals surface area contributed by atoms with Crippen LogP contribution in [0.2, 0.25) is 0 Å². The molecule has 0 amide bonds. The molecule has 2 aromatic carbocycles. The number of rotatable bonds is 9. The number of halogens is 3. The lowest BCUT2D eigenvalue weighted by Crippen LogP contribution is -2.23. The van der Waals surface area contributed by atoms with Crippen LogP contribution in [0.25, 0.3) is 10.9 Å². The third-order valence-corrected chi connectivity index (χ3v) is 5.00. The Morgan fingerprint density at radius 3 is 2.38 bits per heavy atom. The molecule has 0 atom stereocenters. The van der Waals surface area contributed by atoms with Crippen LogP contribution in [0.5, 0.6) is 0 Å². The summed E-state index contributed by atoms with van der Waals surface area (Å²) in [5.74, 6) is -1.78. The highest BCUT2D eigenvalue weighted by atomic mass is 19.4. The summed E-state index contributed by atoms with van der Waals surface area (Å²) in [6, 6.07) is 16.7. The molecule has 154 valence electrons. The molecule has 3 rings (SSSR count). The van der Waals surface area contributed by atoms with Crippen LogP contribution < -0.4 is 0 Å². The van der Waals surface area contributed by atoms with E-state index in [1.807, 2.05) is 34.9 Å². The highest BCUT2D eigenvalue weighted by molar-refractivity contribution is 6.11. The molecule has 0 N–H and O–H groups in total. The Balaban J connectivity index is 1.58. The van der Waals surface area contributed by atoms with E-state index in [1.54, 1.807) is 31.2 Å². The van der Waals surface area contributed by atoms with E-state index in [9.17, 15) is 18.0 Å². The fourth-order valence-electron chi connectivity index (χ4n) is 3.56. The van der Waals surface area contributed by atoms with E-state index >= 15 is 0 Å². The van der Waals surface area contributed by atoms with Gasteiger partial charge in [0.05, 0.1) is 12.2 Å². The van der Waals surface area contributed by atoms with Gasteiger partial charge in [0.15, 0.2) is 0 Å². The predicted molar refractivity (Wildman–Crippen MR) is 107 cm³/mol. The van der Waals surface area contributed by atoms with Crippen molar-refractivity contribution < 1.29 is 22.7 Å². The minimum absolute atomic E-state index is 0.237. The monoisotopic (exact) mass is 403 g/mol. The first-order valence-electron chi connectivity index (χ1n) is 9.70. The molecule has 0 bridgehead atoms. The summed E-state index contributed by atoms with van der Waals surface area (Å²) >= 11 is 0. The number of aryl methyl sites for hydroxylation is 1. The SMILES string of the molecule is Cc1c(C(=O)C(F)(F)F)c2ccccc2n1CCCCCOCc1ccccc1. The van der Waals surface area contributed by atoms with E-state index in [2.05, 4.69) is 0 Å². The van der Waals surface area contributed by atoms with Crippen LogP contribution in [0.1, 0.15) is 40.9 Å². The van der Waals surface area contributed by atoms with Crippen molar-refractivity contribution in [2.45, 2.75) is 45.5 Å². The lowest BCUT2D eigenvalue weighted by Gasteiger charge is -2.10. The molecule has 29 heavy (non-hydrogen) atoms. The molecule has 1 aromatic heterocycles. The first-order valence-corrected chi connectivity index (χ1v) is 9.70. The normalized spacial score (nSPS) is 11.9. The Morgan fingerprint density at radius 1 is 0.966 bits per heavy atom. The smallest absolute Gasteiger partial charge is 0.377 e. The van der Waals surface area contributed by atoms with E-state index in [4.69, 9.17) is 4.74 Å². The summed E-state index contributed by atoms with van der Waals surface area (Å²) in [6.07, 6.45) is -2.31. The third-order valence-electron chi connectivity index (χ3n) is 5.00. The number of Topliss-reactive ketones (excluding diaryl/α,β-unsaturated/α-hetero) is 1. The number of nitrogens with zero attached hydrogens (tertiary/aromatic N) is 1. The van der Waals surface area contributed by atoms with Gasteiger partial charge < -0.3 is 9.30 Å². The second-order valence-corrected chi connectivity index (χ2v) is 7.05. The number of para-hydroxylation sites is 1. The van der Waals surface area contributed by atoms with Gasteiger partial charge in [0, 0.05) is 29.7 Å². The van der Waals surface area contributed by atoms with Gasteiger partial charge in [0.25, 0.3) is 5.78 Å². The van der Waals surface area contributed by atoms with E-state index in [1.165, 1.54) is 0 Å². The minimum Gasteiger partial charge on any atom is -0.377 e. The fourth-order valence-corrected chi connectivity index (χ4v) is 3.56. The van der Waals surface area contributed by atoms with Crippen LogP contribution in [0.15, 0.2) is 54.6 Å². The molecule has 1 heterocycles. The van der Waals surface area contributed by atoms with Crippen molar-refractivity contribution in [3.05, 3.63) is 71.4 Å². The lowest BCUT2D eigenvalue weighted by atomic mass is 10.1. The molecule has 0 radical (unpaired) electrons. The van der Waals surface area contributed by atoms with Gasteiger partial charge in [0.1, 0.15) is 0 Å². The Kier molecular flexibility index (Phi) is 6.75. The summed E-state index contributed by atoms with van der Waals surface area (Å²) in [5.41, 5.74) is 1.93. The van der Waals surface area contributed by atoms with Gasteiger partial charge >= 0.3 is 6.18 Å². The molecular formula is C23H24F3NO2. The Bertz CT molecular complexity index is 961. The molecule has 0 aliphatic heterocycles. The lowest BCUT2D eigenvalue weighted by molar-refractivity contribution is -0.0884. The van der Waals surface area contributed by atoms with Crippen LogP contribution in [-0.2, 0) is 17.9 Å². The largest absolute Gasteiger partial charge is 0.454 e. The van der Waals surface area contributed by atoms with Crippen LogP contribution >= 0.6 is 0 Å². The van der Waals surface area contributed by atoms with Gasteiger partial charge in [-0.25, -0.2) is 0 Å². The maximum Gasteiger partial charge on any atom is 0.454 e. The molecular weight excluding hydrogens is 379 g/mol. The fraction of sp³-hybridized carbons (Fsp3) is 0.348. The van der Waals surface area contributed by atoms with E-state index in [0.29, 0.717) is 36.4 Å². The predicted octanol–water partition coefficient (Wildman–Crippen LogP) is 6.08. The molecule has 0 spiro atoms. The molecule has 0 saturated carbocycles. The molecule has 6 heteroatoms. The first-order chi connectivity index (χ1) is 13.9. The summed E-state index contributed by atoms with van der Waals surface area (Å²) in [4.78, 5) is 11.9. The van der Waals surface area contributed by atoms with Gasteiger partial charge in [0.2, 0.25) is 0 Å². The number of ether oxygens (including phenoxy) is 1. The van der Waals surface area contributed by atoms with Crippen molar-refractivity contribution in [2.75, 3.05) is 6.61 Å². The van der Waals surface area contributed by atoms with Crippen LogP contribution in [0.3, 0.4) is 0 Å². The number of unbranched alkanes of at least 4 members (excludes halogenated alkanes) is 2. The maximum absolute atomic E-state index is 13.0. The summed E-state index contributed by atoms with van der Waals surface area (Å²) in [5, 5.41) is 0.360. The topological polar surface area (TPSA) is 31.2 Å². The quantitative estimate of drug-likeness (QED) is 0.320. The van der Waals surface area contributed by atoms with E-state index in [-0.39, 0.29) is 5.56 Å². The highest BCUT2D eigenvalue weighted by Gasteiger charge is 2.41. The average Bonchev–Trinajstić information content (AvgIpc) is 2.98. The van der Waals surface area contributed by atoms with Crippen LogP contribution in [-0.4, -0.2) is 23.1 Å². The summed E-state index contributed by atoms with van der Waals surface area (Å²) in [7, 11) is 0. The zero-order chi connectivity index (χ0) is 20.9. The molecule has 0 aliphatic rings. The number of hydrogen-bond acceptors (Lipinski definition) is 2. The van der Waals surface area contributed by atoms with Crippen molar-refractivity contribution in [2.24, 2.45) is 0 Å². The zero-order valence-electron chi connectivity index (χ0n) is 16.3. The number of aromatic nitrogens is 1. The first kappa shape index (κ1) is 21.1. The van der Waals surface area contributed by atoms with E-state index < -0.39 is 12.0 Å². The molecule has 0 unspecified atom stereocenters. The molecule has 0 saturated heterocycles. The van der Waals surface area contributed by atoms with E-state index in [0.717, 1.165) is 24.8 Å². The zero-order valence-corrected chi connectivity index (χ0v) is 16.3. The molecule has 3 aromatic rings. The van der Waals surface area contributed by atoms with Crippen molar-refractivity contribution in [3.63, 3.8) is 0 Å². The van der Waals surface area contributed by atoms with Gasteiger partial charge in [-0.05, 0) is 37.8 Å². The number of carbonyl (C=O) groups excluding carboxylic acids is 1. The van der Waals surface area contributed by atoms with Gasteiger partial charge in [-0.3, -0.25) is 4.79 Å². The van der Waals surface area contributed by atoms with Crippen molar-refractivity contribution >= 4 is 16.7 Å². The Labute approximate surface area is 168 Å². The number of fused-ring (bicyclic) bond motifs is 1. The van der Waals surface area contributed by atoms with Gasteiger partial charge in [-0.1, -0.05) is 48.5 Å². The van der Waals surface area contributed by atoms with Crippen molar-refractivity contribution in [3.8, 4) is 0 Å². The standard InChI is InChI=1S/C23H24F3NO2/c1-17-21(22(28)23(24,25)26)19-12-6-7-13-20(19)27(17)14-8-3-9-15-29-16-18-10-4-2-5-11-18/h2,4-7,10-13H,3,8-9,14-16H2,1H3. The Hall–Kier alpha value is -2.60. The molecule has 0 fully saturated rings. The number of carbonyl (C=O) groups is 1. The maximum atomic E-state index is 13.0. The van der Waals surface area contributed by atoms with Crippen LogP contribution in [0, 0.1) is 6.92 Å². The van der Waals surface area contributed by atoms with Gasteiger partial charge in [-0.2, -0.15) is 13.2 Å². The second kappa shape index (κ2) is 9.27. The Morgan fingerprint density at radius 2 is 1.66 bits per heavy atom. The third kappa shape index (κ3) is 5.07. The van der Waals surface area contributed by atoms with Crippen molar-refractivity contribution in [1.29, 1.82) is 0 Å². The molecule has 0 aliphatic carbocycles. The number of benzene rings is 2.